The van der Waals surface area contributed by atoms with Crippen molar-refractivity contribution in [3.8, 4) is 0 Å². The van der Waals surface area contributed by atoms with Gasteiger partial charge in [0.25, 0.3) is 5.91 Å². The van der Waals surface area contributed by atoms with Crippen LogP contribution in [0, 0.1) is 6.92 Å². The van der Waals surface area contributed by atoms with Crippen LogP contribution in [0.2, 0.25) is 0 Å². The number of unbranched alkanes of at least 4 members (excludes halogenated alkanes) is 2. The number of imidazole rings is 1. The smallest absolute Gasteiger partial charge is 0.270 e. The summed E-state index contributed by atoms with van der Waals surface area (Å²) in [6, 6.07) is 11.2. The molecule has 0 unspecified atom stereocenters. The van der Waals surface area contributed by atoms with Crippen molar-refractivity contribution in [1.82, 2.24) is 14.7 Å². The van der Waals surface area contributed by atoms with E-state index in [-0.39, 0.29) is 17.6 Å². The summed E-state index contributed by atoms with van der Waals surface area (Å²) in [5, 5.41) is 2.97. The number of amides is 2. The Balaban J connectivity index is 1.21. The molecule has 0 aliphatic carbocycles. The molecule has 0 spiro atoms. The summed E-state index contributed by atoms with van der Waals surface area (Å²) in [5.74, 6) is 0.0295. The number of hydrogen-bond donors (Lipinski definition) is 1. The molecule has 0 radical (unpaired) electrons. The number of nitrogens with zero attached hydrogens (tertiary/aromatic N) is 3. The van der Waals surface area contributed by atoms with Crippen LogP contribution < -0.4 is 10.2 Å². The average molecular weight is 433 g/mol. The lowest BCUT2D eigenvalue weighted by Gasteiger charge is -2.17. The molecule has 1 aromatic carbocycles. The molecule has 1 aliphatic heterocycles. The number of ketones is 1. The van der Waals surface area contributed by atoms with E-state index in [1.807, 2.05) is 48.4 Å². The summed E-state index contributed by atoms with van der Waals surface area (Å²) < 4.78 is 1.80. The van der Waals surface area contributed by atoms with Crippen molar-refractivity contribution in [1.29, 1.82) is 0 Å². The molecule has 0 atom stereocenters. The Bertz CT molecular complexity index is 1180. The largest absolute Gasteiger partial charge is 0.351 e. The number of anilines is 1. The van der Waals surface area contributed by atoms with Crippen molar-refractivity contribution < 1.29 is 14.4 Å². The van der Waals surface area contributed by atoms with E-state index in [4.69, 9.17) is 0 Å². The summed E-state index contributed by atoms with van der Waals surface area (Å²) in [7, 11) is 0. The topological polar surface area (TPSA) is 83.8 Å². The number of Topliss-reactive ketones (excluding diaryl/α,β-unsaturated/α-hetero) is 1. The van der Waals surface area contributed by atoms with Crippen LogP contribution in [0.15, 0.2) is 42.6 Å². The van der Waals surface area contributed by atoms with Crippen molar-refractivity contribution in [2.24, 2.45) is 0 Å². The van der Waals surface area contributed by atoms with Gasteiger partial charge >= 0.3 is 0 Å². The lowest BCUT2D eigenvalue weighted by atomic mass is 10.1. The molecular weight excluding hydrogens is 404 g/mol. The number of aromatic nitrogens is 2. The predicted molar refractivity (Wildman–Crippen MR) is 123 cm³/mol. The summed E-state index contributed by atoms with van der Waals surface area (Å²) >= 11 is 0. The van der Waals surface area contributed by atoms with Gasteiger partial charge in [-0.3, -0.25) is 18.8 Å². The number of benzene rings is 1. The Morgan fingerprint density at radius 2 is 1.94 bits per heavy atom. The minimum atomic E-state index is -0.129. The summed E-state index contributed by atoms with van der Waals surface area (Å²) in [4.78, 5) is 43.1. The van der Waals surface area contributed by atoms with Crippen LogP contribution in [0.1, 0.15) is 64.7 Å². The Labute approximate surface area is 187 Å². The lowest BCUT2D eigenvalue weighted by molar-refractivity contribution is -0.118. The summed E-state index contributed by atoms with van der Waals surface area (Å²) in [5.41, 5.74) is 4.72. The normalized spacial score (nSPS) is 12.8. The second kappa shape index (κ2) is 9.34. The lowest BCUT2D eigenvalue weighted by Crippen LogP contribution is -2.28. The number of carbonyl (C=O) groups excluding carboxylic acids is 3. The maximum absolute atomic E-state index is 12.7. The number of pyridine rings is 1. The van der Waals surface area contributed by atoms with Gasteiger partial charge in [0.15, 0.2) is 5.78 Å². The van der Waals surface area contributed by atoms with Gasteiger partial charge in [-0.1, -0.05) is 12.5 Å². The van der Waals surface area contributed by atoms with Gasteiger partial charge in [-0.25, -0.2) is 4.98 Å². The molecule has 2 amide bonds. The van der Waals surface area contributed by atoms with Crippen molar-refractivity contribution in [3.63, 3.8) is 0 Å². The molecule has 1 aliphatic rings. The quantitative estimate of drug-likeness (QED) is 0.434. The number of aryl methyl sites for hydroxylation is 1. The van der Waals surface area contributed by atoms with Gasteiger partial charge in [-0.05, 0) is 69.0 Å². The zero-order valence-corrected chi connectivity index (χ0v) is 18.6. The first-order chi connectivity index (χ1) is 15.5. The molecule has 0 fully saturated rings. The van der Waals surface area contributed by atoms with Crippen molar-refractivity contribution in [3.05, 3.63) is 65.1 Å². The van der Waals surface area contributed by atoms with Crippen LogP contribution in [-0.2, 0) is 11.2 Å². The highest BCUT2D eigenvalue weighted by Gasteiger charge is 2.24. The van der Waals surface area contributed by atoms with Crippen LogP contribution in [0.25, 0.3) is 5.65 Å². The number of carbonyl (C=O) groups is 3. The maximum atomic E-state index is 12.7. The van der Waals surface area contributed by atoms with Crippen molar-refractivity contribution in [2.45, 2.75) is 46.0 Å². The van der Waals surface area contributed by atoms with Gasteiger partial charge in [0, 0.05) is 37.0 Å². The van der Waals surface area contributed by atoms with Gasteiger partial charge in [-0.15, -0.1) is 0 Å². The fraction of sp³-hybridized carbons (Fsp3) is 0.360. The van der Waals surface area contributed by atoms with Gasteiger partial charge < -0.3 is 10.2 Å². The van der Waals surface area contributed by atoms with E-state index in [1.54, 1.807) is 17.4 Å². The Morgan fingerprint density at radius 1 is 1.09 bits per heavy atom. The number of hydrogen-bond acceptors (Lipinski definition) is 4. The summed E-state index contributed by atoms with van der Waals surface area (Å²) in [6.45, 7) is 4.63. The van der Waals surface area contributed by atoms with E-state index in [0.717, 1.165) is 42.6 Å². The first-order valence-corrected chi connectivity index (χ1v) is 11.1. The van der Waals surface area contributed by atoms with E-state index < -0.39 is 0 Å². The number of rotatable bonds is 8. The molecule has 7 heteroatoms. The van der Waals surface area contributed by atoms with Crippen LogP contribution in [0.5, 0.6) is 0 Å². The van der Waals surface area contributed by atoms with Crippen LogP contribution >= 0.6 is 0 Å². The molecule has 3 heterocycles. The third-order valence-corrected chi connectivity index (χ3v) is 5.95. The average Bonchev–Trinajstić information content (AvgIpc) is 3.35. The van der Waals surface area contributed by atoms with Crippen LogP contribution in [0.3, 0.4) is 0 Å². The van der Waals surface area contributed by atoms with Crippen molar-refractivity contribution in [2.75, 3.05) is 18.0 Å². The first kappa shape index (κ1) is 21.7. The monoisotopic (exact) mass is 432 g/mol. The minimum Gasteiger partial charge on any atom is -0.351 e. The van der Waals surface area contributed by atoms with Gasteiger partial charge in [-0.2, -0.15) is 0 Å². The molecule has 2 aromatic heterocycles. The van der Waals surface area contributed by atoms with Gasteiger partial charge in [0.05, 0.1) is 5.69 Å². The van der Waals surface area contributed by atoms with E-state index >= 15 is 0 Å². The fourth-order valence-corrected chi connectivity index (χ4v) is 4.27. The molecular formula is C25H28N4O3. The molecule has 0 saturated carbocycles. The molecule has 32 heavy (non-hydrogen) atoms. The van der Waals surface area contributed by atoms with E-state index in [2.05, 4.69) is 10.3 Å². The zero-order valence-electron chi connectivity index (χ0n) is 18.6. The molecule has 0 saturated heterocycles. The fourth-order valence-electron chi connectivity index (χ4n) is 4.27. The van der Waals surface area contributed by atoms with E-state index in [0.29, 0.717) is 36.5 Å². The maximum Gasteiger partial charge on any atom is 0.270 e. The van der Waals surface area contributed by atoms with E-state index in [9.17, 15) is 14.4 Å². The third kappa shape index (κ3) is 4.42. The first-order valence-electron chi connectivity index (χ1n) is 11.1. The predicted octanol–water partition coefficient (Wildman–Crippen LogP) is 3.72. The second-order valence-electron chi connectivity index (χ2n) is 8.24. The Kier molecular flexibility index (Phi) is 6.35. The van der Waals surface area contributed by atoms with Gasteiger partial charge in [0.2, 0.25) is 5.91 Å². The summed E-state index contributed by atoms with van der Waals surface area (Å²) in [6.07, 6.45) is 5.56. The highest BCUT2D eigenvalue weighted by molar-refractivity contribution is 5.98. The second-order valence-corrected chi connectivity index (χ2v) is 8.24. The standard InChI is InChI=1S/C25H28N4O3/c1-17-24(29-14-7-5-8-22(29)27-17)25(32)26-13-6-3-4-9-23(31)28-15-12-20-16-19(18(2)30)10-11-21(20)28/h5,7-8,10-11,14,16H,3-4,6,9,12-13,15H2,1-2H3,(H,26,32). The SMILES string of the molecule is CC(=O)c1ccc2c(c1)CCN2C(=O)CCCCCNC(=O)c1c(C)nc2ccccn12. The molecule has 7 nitrogen and oxygen atoms in total. The number of fused-ring (bicyclic) bond motifs is 2. The van der Waals surface area contributed by atoms with Crippen molar-refractivity contribution >= 4 is 28.9 Å². The van der Waals surface area contributed by atoms with Crippen LogP contribution in [0.4, 0.5) is 5.69 Å². The molecule has 0 bridgehead atoms. The Morgan fingerprint density at radius 3 is 2.75 bits per heavy atom. The third-order valence-electron chi connectivity index (χ3n) is 5.95. The van der Waals surface area contributed by atoms with Gasteiger partial charge in [0.1, 0.15) is 11.3 Å². The zero-order chi connectivity index (χ0) is 22.7. The van der Waals surface area contributed by atoms with E-state index in [1.165, 1.54) is 0 Å². The Hall–Kier alpha value is -3.48. The molecule has 1 N–H and O–H groups in total. The highest BCUT2D eigenvalue weighted by Crippen LogP contribution is 2.29. The minimum absolute atomic E-state index is 0.0428. The molecule has 4 rings (SSSR count). The van der Waals surface area contributed by atoms with Crippen LogP contribution in [-0.4, -0.2) is 40.1 Å². The molecule has 3 aromatic rings. The number of nitrogens with one attached hydrogen (secondary N) is 1. The highest BCUT2D eigenvalue weighted by atomic mass is 16.2. The molecule has 166 valence electrons.